The fraction of sp³-hybridized carbons (Fsp3) is 0.333. The van der Waals surface area contributed by atoms with Crippen LogP contribution in [-0.2, 0) is 9.47 Å². The average Bonchev–Trinajstić information content (AvgIpc) is 2.82. The van der Waals surface area contributed by atoms with Gasteiger partial charge in [0.1, 0.15) is 0 Å². The van der Waals surface area contributed by atoms with Gasteiger partial charge in [-0.05, 0) is 25.0 Å². The number of hydrogen-bond donors (Lipinski definition) is 2. The van der Waals surface area contributed by atoms with Gasteiger partial charge in [0.25, 0.3) is 11.8 Å². The summed E-state index contributed by atoms with van der Waals surface area (Å²) in [7, 11) is 3.13. The molecule has 8 nitrogen and oxygen atoms in total. The van der Waals surface area contributed by atoms with Crippen molar-refractivity contribution in [1.29, 1.82) is 0 Å². The number of ketones is 2. The van der Waals surface area contributed by atoms with Crippen molar-refractivity contribution in [2.45, 2.75) is 12.8 Å². The molecule has 2 aromatic carbocycles. The molecule has 0 aliphatic heterocycles. The van der Waals surface area contributed by atoms with Gasteiger partial charge in [0, 0.05) is 62.8 Å². The Bertz CT molecular complexity index is 965. The second kappa shape index (κ2) is 10.8. The van der Waals surface area contributed by atoms with Crippen LogP contribution in [0.2, 0.25) is 0 Å². The Balaban J connectivity index is 1.98. The van der Waals surface area contributed by atoms with Crippen LogP contribution in [0.4, 0.5) is 0 Å². The molecule has 2 aromatic rings. The third kappa shape index (κ3) is 4.92. The number of fused-ring (bicyclic) bond motifs is 2. The summed E-state index contributed by atoms with van der Waals surface area (Å²) >= 11 is 0. The van der Waals surface area contributed by atoms with Crippen LogP contribution in [0.1, 0.15) is 65.4 Å². The lowest BCUT2D eigenvalue weighted by Crippen LogP contribution is -2.32. The van der Waals surface area contributed by atoms with E-state index < -0.39 is 11.8 Å². The van der Waals surface area contributed by atoms with Crippen LogP contribution in [0.25, 0.3) is 0 Å². The molecule has 32 heavy (non-hydrogen) atoms. The minimum Gasteiger partial charge on any atom is -0.385 e. The normalized spacial score (nSPS) is 12.2. The van der Waals surface area contributed by atoms with E-state index in [2.05, 4.69) is 10.6 Å². The summed E-state index contributed by atoms with van der Waals surface area (Å²) in [6.07, 6.45) is 1.19. The van der Waals surface area contributed by atoms with E-state index in [1.807, 2.05) is 0 Å². The first-order chi connectivity index (χ1) is 15.5. The quantitative estimate of drug-likeness (QED) is 0.469. The number of carbonyl (C=O) groups excluding carboxylic acids is 4. The number of ether oxygens (including phenoxy) is 2. The summed E-state index contributed by atoms with van der Waals surface area (Å²) in [6, 6.07) is 9.22. The van der Waals surface area contributed by atoms with Gasteiger partial charge in [-0.3, -0.25) is 19.2 Å². The lowest BCUT2D eigenvalue weighted by molar-refractivity contribution is 0.0912. The van der Waals surface area contributed by atoms with Gasteiger partial charge in [-0.2, -0.15) is 0 Å². The first-order valence-corrected chi connectivity index (χ1v) is 10.4. The highest BCUT2D eigenvalue weighted by molar-refractivity contribution is 6.29. The number of benzene rings is 2. The Morgan fingerprint density at radius 2 is 1.12 bits per heavy atom. The van der Waals surface area contributed by atoms with Crippen LogP contribution in [0.15, 0.2) is 36.4 Å². The van der Waals surface area contributed by atoms with Crippen LogP contribution < -0.4 is 10.6 Å². The Hall–Kier alpha value is -3.36. The fourth-order valence-electron chi connectivity index (χ4n) is 3.55. The van der Waals surface area contributed by atoms with Gasteiger partial charge in [-0.15, -0.1) is 0 Å². The summed E-state index contributed by atoms with van der Waals surface area (Å²) in [5.74, 6) is -1.69. The van der Waals surface area contributed by atoms with E-state index in [9.17, 15) is 19.2 Å². The average molecular weight is 438 g/mol. The second-order valence-corrected chi connectivity index (χ2v) is 7.35. The molecule has 1 aliphatic rings. The minimum atomic E-state index is -0.495. The maximum absolute atomic E-state index is 13.0. The minimum absolute atomic E-state index is 0.0472. The molecule has 0 radical (unpaired) electrons. The second-order valence-electron chi connectivity index (χ2n) is 7.35. The molecule has 0 atom stereocenters. The summed E-state index contributed by atoms with van der Waals surface area (Å²) in [6.45, 7) is 1.63. The number of hydrogen-bond acceptors (Lipinski definition) is 6. The van der Waals surface area contributed by atoms with Crippen LogP contribution in [0.3, 0.4) is 0 Å². The highest BCUT2D eigenvalue weighted by Crippen LogP contribution is 2.29. The molecular weight excluding hydrogens is 412 g/mol. The van der Waals surface area contributed by atoms with Crippen molar-refractivity contribution in [2.75, 3.05) is 40.5 Å². The Morgan fingerprint density at radius 3 is 1.50 bits per heavy atom. The van der Waals surface area contributed by atoms with Gasteiger partial charge in [-0.1, -0.05) is 24.3 Å². The van der Waals surface area contributed by atoms with Crippen molar-refractivity contribution in [2.24, 2.45) is 0 Å². The van der Waals surface area contributed by atoms with Crippen LogP contribution in [0.5, 0.6) is 0 Å². The summed E-state index contributed by atoms with van der Waals surface area (Å²) < 4.78 is 9.96. The summed E-state index contributed by atoms with van der Waals surface area (Å²) in [4.78, 5) is 51.8. The van der Waals surface area contributed by atoms with E-state index >= 15 is 0 Å². The Kier molecular flexibility index (Phi) is 7.86. The van der Waals surface area contributed by atoms with Crippen molar-refractivity contribution >= 4 is 23.4 Å². The van der Waals surface area contributed by atoms with Gasteiger partial charge in [0.15, 0.2) is 11.6 Å². The Morgan fingerprint density at radius 1 is 0.719 bits per heavy atom. The van der Waals surface area contributed by atoms with Crippen molar-refractivity contribution in [3.63, 3.8) is 0 Å². The third-order valence-electron chi connectivity index (χ3n) is 5.17. The molecule has 0 spiro atoms. The molecule has 0 heterocycles. The van der Waals surface area contributed by atoms with Crippen molar-refractivity contribution < 1.29 is 28.7 Å². The molecule has 8 heteroatoms. The molecule has 0 saturated carbocycles. The van der Waals surface area contributed by atoms with Crippen molar-refractivity contribution in [1.82, 2.24) is 10.6 Å². The summed E-state index contributed by atoms with van der Waals surface area (Å²) in [5, 5.41) is 5.48. The molecule has 3 rings (SSSR count). The van der Waals surface area contributed by atoms with Gasteiger partial charge in [-0.25, -0.2) is 0 Å². The van der Waals surface area contributed by atoms with E-state index in [-0.39, 0.29) is 44.9 Å². The van der Waals surface area contributed by atoms with Crippen molar-refractivity contribution in [3.05, 3.63) is 69.8 Å². The molecular formula is C24H26N2O6. The highest BCUT2D eigenvalue weighted by Gasteiger charge is 2.32. The predicted molar refractivity (Wildman–Crippen MR) is 117 cm³/mol. The largest absolute Gasteiger partial charge is 0.385 e. The first kappa shape index (κ1) is 23.3. The zero-order chi connectivity index (χ0) is 23.1. The number of rotatable bonds is 10. The molecule has 2 amide bonds. The van der Waals surface area contributed by atoms with E-state index in [0.29, 0.717) is 39.1 Å². The van der Waals surface area contributed by atoms with Crippen LogP contribution in [-0.4, -0.2) is 63.9 Å². The number of methoxy groups -OCH3 is 2. The lowest BCUT2D eigenvalue weighted by Gasteiger charge is -2.20. The summed E-state index contributed by atoms with van der Waals surface area (Å²) in [5.41, 5.74) is 0.900. The van der Waals surface area contributed by atoms with Crippen LogP contribution >= 0.6 is 0 Å². The smallest absolute Gasteiger partial charge is 0.252 e. The fourth-order valence-corrected chi connectivity index (χ4v) is 3.55. The molecule has 0 fully saturated rings. The van der Waals surface area contributed by atoms with Gasteiger partial charge >= 0.3 is 0 Å². The topological polar surface area (TPSA) is 111 Å². The van der Waals surface area contributed by atoms with E-state index in [1.54, 1.807) is 38.5 Å². The molecule has 0 saturated heterocycles. The van der Waals surface area contributed by atoms with E-state index in [0.717, 1.165) is 0 Å². The predicted octanol–water partition coefficient (Wildman–Crippen LogP) is 1.99. The molecule has 0 bridgehead atoms. The van der Waals surface area contributed by atoms with Gasteiger partial charge in [0.05, 0.1) is 11.1 Å². The van der Waals surface area contributed by atoms with Crippen molar-refractivity contribution in [3.8, 4) is 0 Å². The zero-order valence-electron chi connectivity index (χ0n) is 18.2. The Labute approximate surface area is 186 Å². The van der Waals surface area contributed by atoms with E-state index in [1.165, 1.54) is 12.1 Å². The molecule has 2 N–H and O–H groups in total. The number of amides is 2. The molecule has 0 unspecified atom stereocenters. The maximum atomic E-state index is 13.0. The third-order valence-corrected chi connectivity index (χ3v) is 5.17. The first-order valence-electron chi connectivity index (χ1n) is 10.4. The van der Waals surface area contributed by atoms with Gasteiger partial charge in [0.2, 0.25) is 0 Å². The standard InChI is InChI=1S/C24H26N2O6/c1-31-11-5-9-25-23(29)19-13-17-18(14-20(19)24(30)26-10-6-12-32-2)22(28)16-8-4-3-7-15(16)21(17)27/h3-4,7-8,13-14H,5-6,9-12H2,1-2H3,(H,25,29)(H,26,30). The lowest BCUT2D eigenvalue weighted by atomic mass is 9.82. The monoisotopic (exact) mass is 438 g/mol. The van der Waals surface area contributed by atoms with E-state index in [4.69, 9.17) is 9.47 Å². The van der Waals surface area contributed by atoms with Crippen LogP contribution in [0, 0.1) is 0 Å². The highest BCUT2D eigenvalue weighted by atomic mass is 16.5. The molecule has 0 aromatic heterocycles. The van der Waals surface area contributed by atoms with Gasteiger partial charge < -0.3 is 20.1 Å². The zero-order valence-corrected chi connectivity index (χ0v) is 18.2. The molecule has 168 valence electrons. The number of nitrogens with one attached hydrogen (secondary N) is 2. The maximum Gasteiger partial charge on any atom is 0.252 e. The molecule has 1 aliphatic carbocycles. The number of carbonyl (C=O) groups is 4. The SMILES string of the molecule is COCCCNC(=O)c1cc2c(cc1C(=O)NCCCOC)C(=O)c1ccccc1C2=O.